The zero-order valence-corrected chi connectivity index (χ0v) is 10.6. The van der Waals surface area contributed by atoms with Crippen molar-refractivity contribution in [2.75, 3.05) is 18.5 Å². The molecule has 0 unspecified atom stereocenters. The van der Waals surface area contributed by atoms with Gasteiger partial charge in [-0.2, -0.15) is 0 Å². The van der Waals surface area contributed by atoms with Crippen LogP contribution >= 0.6 is 22.6 Å². The second kappa shape index (κ2) is 5.20. The standard InChI is InChI=1S/C11H10INO3/c12-8-2-1-3-9(6-8)13-11(14)10-7-15-4-5-16-10/h1-3,6-7H,4-5H2,(H,13,14). The lowest BCUT2D eigenvalue weighted by Crippen LogP contribution is -2.21. The van der Waals surface area contributed by atoms with Gasteiger partial charge in [0, 0.05) is 9.26 Å². The lowest BCUT2D eigenvalue weighted by atomic mass is 10.3. The van der Waals surface area contributed by atoms with E-state index in [2.05, 4.69) is 27.9 Å². The SMILES string of the molecule is O=C(Nc1cccc(I)c1)C1=COCCO1. The topological polar surface area (TPSA) is 47.6 Å². The summed E-state index contributed by atoms with van der Waals surface area (Å²) in [5.74, 6) is -0.0770. The summed E-state index contributed by atoms with van der Waals surface area (Å²) in [5, 5.41) is 2.74. The van der Waals surface area contributed by atoms with E-state index in [1.54, 1.807) is 0 Å². The molecule has 1 aliphatic heterocycles. The lowest BCUT2D eigenvalue weighted by Gasteiger charge is -2.15. The number of benzene rings is 1. The zero-order chi connectivity index (χ0) is 11.4. The first-order chi connectivity index (χ1) is 7.75. The lowest BCUT2D eigenvalue weighted by molar-refractivity contribution is -0.117. The maximum atomic E-state index is 11.7. The van der Waals surface area contributed by atoms with Crippen LogP contribution < -0.4 is 5.32 Å². The minimum atomic E-state index is -0.290. The number of rotatable bonds is 2. The van der Waals surface area contributed by atoms with Crippen LogP contribution in [0.3, 0.4) is 0 Å². The highest BCUT2D eigenvalue weighted by molar-refractivity contribution is 14.1. The van der Waals surface area contributed by atoms with Crippen molar-refractivity contribution in [3.8, 4) is 0 Å². The van der Waals surface area contributed by atoms with Crippen LogP contribution in [-0.2, 0) is 14.3 Å². The number of halogens is 1. The van der Waals surface area contributed by atoms with E-state index in [1.165, 1.54) is 6.26 Å². The fourth-order valence-electron chi connectivity index (χ4n) is 1.25. The molecule has 0 fully saturated rings. The van der Waals surface area contributed by atoms with Gasteiger partial charge >= 0.3 is 0 Å². The molecule has 1 aromatic carbocycles. The third kappa shape index (κ3) is 2.88. The molecule has 0 radical (unpaired) electrons. The molecule has 0 saturated carbocycles. The summed E-state index contributed by atoms with van der Waals surface area (Å²) in [4.78, 5) is 11.7. The third-order valence-electron chi connectivity index (χ3n) is 1.96. The summed E-state index contributed by atoms with van der Waals surface area (Å²) in [6.45, 7) is 0.894. The molecule has 0 spiro atoms. The van der Waals surface area contributed by atoms with Crippen molar-refractivity contribution in [3.63, 3.8) is 0 Å². The monoisotopic (exact) mass is 331 g/mol. The number of hydrogen-bond acceptors (Lipinski definition) is 3. The molecule has 84 valence electrons. The summed E-state index contributed by atoms with van der Waals surface area (Å²) >= 11 is 2.18. The van der Waals surface area contributed by atoms with Crippen LogP contribution in [0.5, 0.6) is 0 Å². The Morgan fingerprint density at radius 2 is 2.25 bits per heavy atom. The van der Waals surface area contributed by atoms with E-state index in [9.17, 15) is 4.79 Å². The minimum absolute atomic E-state index is 0.213. The van der Waals surface area contributed by atoms with E-state index < -0.39 is 0 Å². The molecule has 1 amide bonds. The highest BCUT2D eigenvalue weighted by Crippen LogP contribution is 2.14. The number of nitrogens with one attached hydrogen (secondary N) is 1. The van der Waals surface area contributed by atoms with Crippen LogP contribution in [0.1, 0.15) is 0 Å². The van der Waals surface area contributed by atoms with Gasteiger partial charge in [0.2, 0.25) is 5.76 Å². The Hall–Kier alpha value is -1.24. The molecule has 0 atom stereocenters. The predicted molar refractivity (Wildman–Crippen MR) is 67.8 cm³/mol. The Morgan fingerprint density at radius 3 is 2.94 bits per heavy atom. The number of amides is 1. The molecular formula is C11H10INO3. The van der Waals surface area contributed by atoms with Crippen LogP contribution in [0, 0.1) is 3.57 Å². The summed E-state index contributed by atoms with van der Waals surface area (Å²) in [6, 6.07) is 7.53. The maximum absolute atomic E-state index is 11.7. The average Bonchev–Trinajstić information content (AvgIpc) is 2.30. The van der Waals surface area contributed by atoms with Crippen LogP contribution in [-0.4, -0.2) is 19.1 Å². The van der Waals surface area contributed by atoms with Crippen molar-refractivity contribution in [1.29, 1.82) is 0 Å². The van der Waals surface area contributed by atoms with Crippen LogP contribution in [0.4, 0.5) is 5.69 Å². The number of anilines is 1. The van der Waals surface area contributed by atoms with Crippen molar-refractivity contribution in [2.45, 2.75) is 0 Å². The first-order valence-corrected chi connectivity index (χ1v) is 5.85. The van der Waals surface area contributed by atoms with Gasteiger partial charge in [-0.3, -0.25) is 4.79 Å². The van der Waals surface area contributed by atoms with E-state index in [-0.39, 0.29) is 11.7 Å². The van der Waals surface area contributed by atoms with E-state index in [0.29, 0.717) is 13.2 Å². The quantitative estimate of drug-likeness (QED) is 0.845. The van der Waals surface area contributed by atoms with Crippen LogP contribution in [0.15, 0.2) is 36.3 Å². The second-order valence-corrected chi connectivity index (χ2v) is 4.41. The van der Waals surface area contributed by atoms with Gasteiger partial charge in [0.1, 0.15) is 19.5 Å². The minimum Gasteiger partial charge on any atom is -0.494 e. The molecule has 1 N–H and O–H groups in total. The Bertz CT molecular complexity index is 431. The van der Waals surface area contributed by atoms with Gasteiger partial charge in [-0.05, 0) is 40.8 Å². The van der Waals surface area contributed by atoms with Crippen LogP contribution in [0.2, 0.25) is 0 Å². The van der Waals surface area contributed by atoms with Crippen molar-refractivity contribution >= 4 is 34.2 Å². The Morgan fingerprint density at radius 1 is 1.38 bits per heavy atom. The maximum Gasteiger partial charge on any atom is 0.294 e. The van der Waals surface area contributed by atoms with Crippen molar-refractivity contribution in [2.24, 2.45) is 0 Å². The number of carbonyl (C=O) groups excluding carboxylic acids is 1. The highest BCUT2D eigenvalue weighted by atomic mass is 127. The van der Waals surface area contributed by atoms with Gasteiger partial charge in [-0.15, -0.1) is 0 Å². The fraction of sp³-hybridized carbons (Fsp3) is 0.182. The van der Waals surface area contributed by atoms with Crippen molar-refractivity contribution < 1.29 is 14.3 Å². The molecule has 4 nitrogen and oxygen atoms in total. The molecule has 0 aliphatic carbocycles. The molecule has 0 bridgehead atoms. The Labute approximate surface area is 107 Å². The van der Waals surface area contributed by atoms with Crippen molar-refractivity contribution in [3.05, 3.63) is 39.9 Å². The van der Waals surface area contributed by atoms with Crippen LogP contribution in [0.25, 0.3) is 0 Å². The summed E-state index contributed by atoms with van der Waals surface area (Å²) in [7, 11) is 0. The van der Waals surface area contributed by atoms with E-state index in [1.807, 2.05) is 24.3 Å². The number of carbonyl (C=O) groups is 1. The molecule has 0 saturated heterocycles. The number of ether oxygens (including phenoxy) is 2. The first-order valence-electron chi connectivity index (χ1n) is 4.77. The van der Waals surface area contributed by atoms with Gasteiger partial charge in [0.25, 0.3) is 5.91 Å². The van der Waals surface area contributed by atoms with Gasteiger partial charge < -0.3 is 14.8 Å². The summed E-state index contributed by atoms with van der Waals surface area (Å²) in [6.07, 6.45) is 1.34. The summed E-state index contributed by atoms with van der Waals surface area (Å²) < 4.78 is 11.2. The van der Waals surface area contributed by atoms with E-state index >= 15 is 0 Å². The molecule has 16 heavy (non-hydrogen) atoms. The molecular weight excluding hydrogens is 321 g/mol. The molecule has 5 heteroatoms. The van der Waals surface area contributed by atoms with Gasteiger partial charge in [-0.25, -0.2) is 0 Å². The van der Waals surface area contributed by atoms with Gasteiger partial charge in [0.05, 0.1) is 0 Å². The largest absolute Gasteiger partial charge is 0.494 e. The normalized spacial score (nSPS) is 14.4. The number of hydrogen-bond donors (Lipinski definition) is 1. The predicted octanol–water partition coefficient (Wildman–Crippen LogP) is 2.12. The zero-order valence-electron chi connectivity index (χ0n) is 8.40. The Balaban J connectivity index is 2.04. The highest BCUT2D eigenvalue weighted by Gasteiger charge is 2.14. The fourth-order valence-corrected chi connectivity index (χ4v) is 1.79. The average molecular weight is 331 g/mol. The molecule has 1 aliphatic rings. The Kier molecular flexibility index (Phi) is 3.66. The third-order valence-corrected chi connectivity index (χ3v) is 2.63. The molecule has 1 heterocycles. The molecule has 1 aromatic rings. The molecule has 0 aromatic heterocycles. The van der Waals surface area contributed by atoms with Gasteiger partial charge in [-0.1, -0.05) is 6.07 Å². The first kappa shape index (κ1) is 11.3. The summed E-state index contributed by atoms with van der Waals surface area (Å²) in [5.41, 5.74) is 0.743. The van der Waals surface area contributed by atoms with Gasteiger partial charge in [0.15, 0.2) is 0 Å². The van der Waals surface area contributed by atoms with E-state index in [0.717, 1.165) is 9.26 Å². The van der Waals surface area contributed by atoms with Crippen molar-refractivity contribution in [1.82, 2.24) is 0 Å². The molecule has 2 rings (SSSR count). The van der Waals surface area contributed by atoms with E-state index in [4.69, 9.17) is 9.47 Å². The smallest absolute Gasteiger partial charge is 0.294 e. The second-order valence-electron chi connectivity index (χ2n) is 3.17.